The highest BCUT2D eigenvalue weighted by molar-refractivity contribution is 6.23. The normalized spacial score (nSPS) is 20.2. The van der Waals surface area contributed by atoms with Crippen molar-refractivity contribution in [3.8, 4) is 33.4 Å². The van der Waals surface area contributed by atoms with Gasteiger partial charge in [0.05, 0.1) is 38.4 Å². The van der Waals surface area contributed by atoms with Crippen molar-refractivity contribution in [2.75, 3.05) is 0 Å². The maximum Gasteiger partial charge on any atom is 0.143 e. The van der Waals surface area contributed by atoms with Crippen molar-refractivity contribution in [2.24, 2.45) is 0 Å². The van der Waals surface area contributed by atoms with Gasteiger partial charge in [-0.05, 0) is 95.3 Å². The Balaban J connectivity index is 1.49. The van der Waals surface area contributed by atoms with Crippen molar-refractivity contribution in [3.63, 3.8) is 0 Å². The Bertz CT molecular complexity index is 4350. The molecule has 47 heavy (non-hydrogen) atoms. The van der Waals surface area contributed by atoms with Gasteiger partial charge < -0.3 is 4.42 Å². The SMILES string of the molecule is [2H]c1c([2H])c(-c2c([2H])c([2H])c([2H])c3c([2H])c([2H])c([2H])c([2H])c23)c([2H])c(-c2c3c([2H])c([2H])c([2H])c([2H])c3c(-c3c([2H])c([2H])c4oc5c6c([2H])c([2H])c([2H])c([2H])c6c([2H])c([2H])c5c4c3[2H])c3c([2H])c([2H])c([2H])c([2H])c23)c1[2H]. The van der Waals surface area contributed by atoms with Crippen LogP contribution < -0.4 is 0 Å². The molecule has 0 bridgehead atoms. The smallest absolute Gasteiger partial charge is 0.143 e. The van der Waals surface area contributed by atoms with E-state index in [2.05, 4.69) is 0 Å². The van der Waals surface area contributed by atoms with Crippen molar-refractivity contribution in [1.29, 1.82) is 0 Å². The molecular formula is C46H28O. The van der Waals surface area contributed by atoms with Crippen LogP contribution in [0.3, 0.4) is 0 Å². The van der Waals surface area contributed by atoms with Crippen LogP contribution in [-0.4, -0.2) is 0 Å². The highest BCUT2D eigenvalue weighted by atomic mass is 16.3. The third-order valence-corrected chi connectivity index (χ3v) is 7.75. The molecule has 10 aromatic rings. The summed E-state index contributed by atoms with van der Waals surface area (Å²) in [6.07, 6.45) is 0. The molecule has 1 heterocycles. The molecule has 0 aliphatic carbocycles. The minimum absolute atomic E-state index is 0.423. The summed E-state index contributed by atoms with van der Waals surface area (Å²) in [5.74, 6) is 0. The fourth-order valence-electron chi connectivity index (χ4n) is 5.75. The van der Waals surface area contributed by atoms with Gasteiger partial charge in [-0.1, -0.05) is 145 Å². The molecule has 1 heteroatoms. The molecule has 0 N–H and O–H groups in total. The molecule has 0 fully saturated rings. The van der Waals surface area contributed by atoms with Gasteiger partial charge in [0.2, 0.25) is 0 Å². The maximum atomic E-state index is 9.85. The van der Waals surface area contributed by atoms with Gasteiger partial charge in [-0.3, -0.25) is 0 Å². The number of hydrogen-bond donors (Lipinski definition) is 0. The minimum atomic E-state index is -1.09. The Hall–Kier alpha value is -6.18. The third-order valence-electron chi connectivity index (χ3n) is 7.75. The molecule has 0 aliphatic heterocycles. The average molecular weight is 625 g/mol. The Morgan fingerprint density at radius 2 is 0.872 bits per heavy atom. The van der Waals surface area contributed by atoms with Gasteiger partial charge in [0.1, 0.15) is 11.2 Å². The topological polar surface area (TPSA) is 13.1 Å². The van der Waals surface area contributed by atoms with E-state index >= 15 is 0 Å². The predicted octanol–water partition coefficient (Wildman–Crippen LogP) is 13.2. The van der Waals surface area contributed by atoms with Crippen LogP contribution in [-0.2, 0) is 0 Å². The molecule has 0 atom stereocenters. The molecule has 0 saturated heterocycles. The van der Waals surface area contributed by atoms with Gasteiger partial charge in [0.25, 0.3) is 0 Å². The zero-order chi connectivity index (χ0) is 55.3. The van der Waals surface area contributed by atoms with Gasteiger partial charge in [-0.15, -0.1) is 0 Å². The van der Waals surface area contributed by atoms with Gasteiger partial charge in [0.15, 0.2) is 0 Å². The number of furan rings is 1. The Morgan fingerprint density at radius 1 is 0.340 bits per heavy atom. The summed E-state index contributed by atoms with van der Waals surface area (Å²) >= 11 is 0. The van der Waals surface area contributed by atoms with Gasteiger partial charge in [-0.2, -0.15) is 0 Å². The Labute approximate surface area is 311 Å². The van der Waals surface area contributed by atoms with Crippen LogP contribution >= 0.6 is 0 Å². The van der Waals surface area contributed by atoms with Crippen LogP contribution in [0.4, 0.5) is 0 Å². The van der Waals surface area contributed by atoms with Crippen molar-refractivity contribution < 1.29 is 42.8 Å². The first-order chi connectivity index (χ1) is 35.0. The van der Waals surface area contributed by atoms with E-state index in [0.717, 1.165) is 0 Å². The number of benzene rings is 9. The Morgan fingerprint density at radius 3 is 1.57 bits per heavy atom. The predicted molar refractivity (Wildman–Crippen MR) is 200 cm³/mol. The molecule has 0 amide bonds. The van der Waals surface area contributed by atoms with Crippen LogP contribution in [0, 0.1) is 0 Å². The zero-order valence-electron chi connectivity index (χ0n) is 51.4. The average Bonchev–Trinajstić information content (AvgIpc) is 3.79. The first-order valence-electron chi connectivity index (χ1n) is 27.9. The highest BCUT2D eigenvalue weighted by Gasteiger charge is 2.19. The van der Waals surface area contributed by atoms with E-state index in [1.54, 1.807) is 0 Å². The molecule has 0 saturated carbocycles. The lowest BCUT2D eigenvalue weighted by Crippen LogP contribution is -1.91. The summed E-state index contributed by atoms with van der Waals surface area (Å²) < 4.78 is 258. The fraction of sp³-hybridized carbons (Fsp3) is 0. The quantitative estimate of drug-likeness (QED) is 0.178. The molecule has 9 aromatic carbocycles. The summed E-state index contributed by atoms with van der Waals surface area (Å²) in [7, 11) is 0. The van der Waals surface area contributed by atoms with Crippen LogP contribution in [0.2, 0.25) is 0 Å². The molecule has 0 radical (unpaired) electrons. The number of fused-ring (bicyclic) bond motifs is 8. The Kier molecular flexibility index (Phi) is 2.31. The van der Waals surface area contributed by atoms with E-state index < -0.39 is 268 Å². The van der Waals surface area contributed by atoms with E-state index in [0.29, 0.717) is 0 Å². The monoisotopic (exact) mass is 624 g/mol. The van der Waals surface area contributed by atoms with Crippen LogP contribution in [0.25, 0.3) is 98.4 Å². The molecule has 1 aromatic heterocycles. The van der Waals surface area contributed by atoms with Gasteiger partial charge in [-0.25, -0.2) is 0 Å². The molecule has 0 aliphatic rings. The van der Waals surface area contributed by atoms with Crippen LogP contribution in [0.5, 0.6) is 0 Å². The second-order valence-electron chi connectivity index (χ2n) is 10.3. The molecule has 0 spiro atoms. The third kappa shape index (κ3) is 3.97. The van der Waals surface area contributed by atoms with E-state index in [4.69, 9.17) is 30.5 Å². The first-order valence-corrected chi connectivity index (χ1v) is 13.9. The van der Waals surface area contributed by atoms with E-state index in [9.17, 15) is 12.3 Å². The largest absolute Gasteiger partial charge is 0.455 e. The number of hydrogen-bond acceptors (Lipinski definition) is 1. The van der Waals surface area contributed by atoms with Crippen molar-refractivity contribution in [1.82, 2.24) is 0 Å². The van der Waals surface area contributed by atoms with E-state index in [-0.39, 0.29) is 0 Å². The molecule has 0 unspecified atom stereocenters. The van der Waals surface area contributed by atoms with Crippen molar-refractivity contribution in [2.45, 2.75) is 0 Å². The summed E-state index contributed by atoms with van der Waals surface area (Å²) in [5, 5.41) is -6.22. The second kappa shape index (κ2) is 10.2. The van der Waals surface area contributed by atoms with Gasteiger partial charge in [0, 0.05) is 16.2 Å². The summed E-state index contributed by atoms with van der Waals surface area (Å²) in [4.78, 5) is 0. The summed E-state index contributed by atoms with van der Waals surface area (Å²) in [6, 6.07) is -25.9. The molecule has 1 nitrogen and oxygen atoms in total. The van der Waals surface area contributed by atoms with Crippen molar-refractivity contribution in [3.05, 3.63) is 169 Å². The zero-order valence-corrected chi connectivity index (χ0v) is 23.4. The lowest BCUT2D eigenvalue weighted by Gasteiger charge is -2.18. The molecule has 10 rings (SSSR count). The minimum Gasteiger partial charge on any atom is -0.455 e. The highest BCUT2D eigenvalue weighted by Crippen LogP contribution is 2.45. The van der Waals surface area contributed by atoms with Gasteiger partial charge >= 0.3 is 0 Å². The van der Waals surface area contributed by atoms with Crippen molar-refractivity contribution >= 4 is 65.0 Å². The lowest BCUT2D eigenvalue weighted by molar-refractivity contribution is 0.672. The van der Waals surface area contributed by atoms with E-state index in [1.165, 1.54) is 0 Å². The van der Waals surface area contributed by atoms with Crippen LogP contribution in [0.1, 0.15) is 38.4 Å². The lowest BCUT2D eigenvalue weighted by atomic mass is 9.85. The summed E-state index contributed by atoms with van der Waals surface area (Å²) in [5.41, 5.74) is -5.94. The second-order valence-corrected chi connectivity index (χ2v) is 10.3. The summed E-state index contributed by atoms with van der Waals surface area (Å²) in [6.45, 7) is 0. The fourth-order valence-corrected chi connectivity index (χ4v) is 5.75. The first kappa shape index (κ1) is 10.7. The van der Waals surface area contributed by atoms with Crippen LogP contribution in [0.15, 0.2) is 174 Å². The maximum absolute atomic E-state index is 9.85. The number of rotatable bonds is 3. The molecule has 218 valence electrons. The molecular weight excluding hydrogens is 569 g/mol. The standard InChI is InChI=1S/C46H28O/c1-3-16-34-29(11-1)13-10-22-35(34)31-14-9-15-32(27-31)44-37-18-5-7-20-39(37)45(40-21-8-6-19-38(40)44)33-24-26-43-42(28-33)41-25-23-30-12-2-4-17-36(30)46(41)47-43/h1-28H/i1D,2D,3D,4D,5D,6D,7D,8D,9D,10D,11D,12D,13D,14D,15D,16D,17D,18D,19D,20D,21D,22D,23D,24D,25D,26D,27D,28D. The van der Waals surface area contributed by atoms with E-state index in [1.807, 2.05) is 0 Å².